The molecule has 7 heteroatoms. The molecule has 0 bridgehead atoms. The van der Waals surface area contributed by atoms with Crippen LogP contribution in [0.4, 0.5) is 0 Å². The summed E-state index contributed by atoms with van der Waals surface area (Å²) in [6, 6.07) is 17.3. The van der Waals surface area contributed by atoms with Crippen molar-refractivity contribution in [3.63, 3.8) is 0 Å². The molecule has 0 atom stereocenters. The predicted octanol–water partition coefficient (Wildman–Crippen LogP) is 12.3. The molecule has 0 fully saturated rings. The van der Waals surface area contributed by atoms with Gasteiger partial charge in [-0.25, -0.2) is 4.57 Å². The van der Waals surface area contributed by atoms with Gasteiger partial charge in [0.25, 0.3) is 0 Å². The van der Waals surface area contributed by atoms with E-state index in [4.69, 9.17) is 18.5 Å². The average molecular weight is 751 g/mol. The van der Waals surface area contributed by atoms with E-state index in [1.807, 2.05) is 0 Å². The first-order chi connectivity index (χ1) is 24.9. The molecule has 1 N–H and O–H groups in total. The minimum absolute atomic E-state index is 0.224. The number of phosphoric acid groups is 1. The fourth-order valence-electron chi connectivity index (χ4n) is 9.29. The van der Waals surface area contributed by atoms with Crippen LogP contribution >= 0.6 is 7.82 Å². The number of hydrogen-bond donors (Lipinski definition) is 1. The van der Waals surface area contributed by atoms with Gasteiger partial charge in [0.05, 0.1) is 14.2 Å². The van der Waals surface area contributed by atoms with Gasteiger partial charge in [-0.1, -0.05) is 107 Å². The van der Waals surface area contributed by atoms with Crippen molar-refractivity contribution in [2.24, 2.45) is 0 Å². The Morgan fingerprint density at radius 3 is 1.17 bits per heavy atom. The van der Waals surface area contributed by atoms with E-state index >= 15 is 0 Å². The summed E-state index contributed by atoms with van der Waals surface area (Å²) >= 11 is 0. The van der Waals surface area contributed by atoms with Crippen molar-refractivity contribution in [3.05, 3.63) is 93.0 Å². The van der Waals surface area contributed by atoms with Crippen LogP contribution in [0, 0.1) is 0 Å². The van der Waals surface area contributed by atoms with E-state index in [0.717, 1.165) is 104 Å². The van der Waals surface area contributed by atoms with E-state index in [1.165, 1.54) is 0 Å². The normalized spacial score (nSPS) is 17.2. The van der Waals surface area contributed by atoms with Crippen molar-refractivity contribution in [2.45, 2.75) is 136 Å². The van der Waals surface area contributed by atoms with Crippen LogP contribution in [0.1, 0.15) is 140 Å². The lowest BCUT2D eigenvalue weighted by Gasteiger charge is -2.35. The molecule has 7 rings (SSSR count). The Labute approximate surface area is 323 Å². The molecule has 0 aromatic heterocycles. The summed E-state index contributed by atoms with van der Waals surface area (Å²) in [5, 5.41) is 0. The van der Waals surface area contributed by atoms with Crippen molar-refractivity contribution in [1.82, 2.24) is 0 Å². The third-order valence-electron chi connectivity index (χ3n) is 11.9. The van der Waals surface area contributed by atoms with Crippen LogP contribution in [0.15, 0.2) is 48.5 Å². The Kier molecular flexibility index (Phi) is 8.84. The Morgan fingerprint density at radius 1 is 0.574 bits per heavy atom. The molecule has 1 heterocycles. The third kappa shape index (κ3) is 6.16. The summed E-state index contributed by atoms with van der Waals surface area (Å²) in [4.78, 5) is 11.9. The van der Waals surface area contributed by atoms with Gasteiger partial charge in [-0.15, -0.1) is 0 Å². The molecule has 4 aromatic carbocycles. The second kappa shape index (κ2) is 12.4. The highest BCUT2D eigenvalue weighted by atomic mass is 31.2. The maximum Gasteiger partial charge on any atom is 0.584 e. The SMILES string of the molecule is COc1c(C(C)(C)C)cc(-c2ccc3c4c2OP(=O)(O)Oc2c(-c5cc(C(C)(C)C)c(OC)c(C(C)(C)C)c5)ccc5c2C4(CC3)CC5)cc1C(C)(C)C. The van der Waals surface area contributed by atoms with Gasteiger partial charge in [0.15, 0.2) is 0 Å². The molecule has 54 heavy (non-hydrogen) atoms. The first kappa shape index (κ1) is 38.5. The summed E-state index contributed by atoms with van der Waals surface area (Å²) in [5.74, 6) is 2.67. The van der Waals surface area contributed by atoms with Crippen LogP contribution in [0.25, 0.3) is 22.3 Å². The summed E-state index contributed by atoms with van der Waals surface area (Å²) in [6.07, 6.45) is 3.44. The quantitative estimate of drug-likeness (QED) is 0.209. The first-order valence-corrected chi connectivity index (χ1v) is 20.9. The minimum Gasteiger partial charge on any atom is -0.496 e. The van der Waals surface area contributed by atoms with Crippen molar-refractivity contribution in [1.29, 1.82) is 0 Å². The molecule has 0 saturated carbocycles. The number of rotatable bonds is 4. The van der Waals surface area contributed by atoms with Crippen LogP contribution in [0.5, 0.6) is 23.0 Å². The zero-order valence-corrected chi connectivity index (χ0v) is 35.8. The van der Waals surface area contributed by atoms with Crippen LogP contribution in [-0.4, -0.2) is 19.1 Å². The maximum absolute atomic E-state index is 14.6. The van der Waals surface area contributed by atoms with E-state index in [9.17, 15) is 9.46 Å². The van der Waals surface area contributed by atoms with Gasteiger partial charge in [-0.05, 0) is 93.9 Å². The number of methoxy groups -OCH3 is 2. The van der Waals surface area contributed by atoms with Gasteiger partial charge in [0.2, 0.25) is 0 Å². The number of ether oxygens (including phenoxy) is 2. The lowest BCUT2D eigenvalue weighted by Crippen LogP contribution is -2.25. The van der Waals surface area contributed by atoms with Crippen LogP contribution < -0.4 is 18.5 Å². The van der Waals surface area contributed by atoms with Crippen molar-refractivity contribution < 1.29 is 28.0 Å². The molecule has 288 valence electrons. The second-order valence-electron chi connectivity index (χ2n) is 19.9. The van der Waals surface area contributed by atoms with E-state index in [2.05, 4.69) is 132 Å². The predicted molar refractivity (Wildman–Crippen MR) is 220 cm³/mol. The standard InChI is InChI=1S/C47H59O6P/c1-43(2,3)33-23-29(24-34(41(33)50-13)44(4,5)6)31-17-15-27-19-21-47-22-20-28-16-18-32(40(38(28)47)53-54(48,49)52-39(31)37(27)47)30-25-35(45(7,8)9)42(51-14)36(26-30)46(10,11)12/h15-18,23-26H,19-22H2,1-14H3,(H,48,49). The van der Waals surface area contributed by atoms with Gasteiger partial charge in [0.1, 0.15) is 23.0 Å². The molecule has 0 amide bonds. The summed E-state index contributed by atoms with van der Waals surface area (Å²) in [5.41, 5.74) is 10.8. The van der Waals surface area contributed by atoms with Gasteiger partial charge >= 0.3 is 7.82 Å². The fraction of sp³-hybridized carbons (Fsp3) is 0.489. The average Bonchev–Trinajstić information content (AvgIpc) is 3.62. The number of aryl methyl sites for hydroxylation is 2. The highest BCUT2D eigenvalue weighted by Gasteiger charge is 2.53. The largest absolute Gasteiger partial charge is 0.584 e. The lowest BCUT2D eigenvalue weighted by molar-refractivity contribution is 0.281. The van der Waals surface area contributed by atoms with Gasteiger partial charge in [-0.2, -0.15) is 0 Å². The number of hydrogen-bond acceptors (Lipinski definition) is 5. The van der Waals surface area contributed by atoms with Crippen LogP contribution in [0.3, 0.4) is 0 Å². The van der Waals surface area contributed by atoms with Crippen LogP contribution in [0.2, 0.25) is 0 Å². The van der Waals surface area contributed by atoms with Crippen molar-refractivity contribution in [2.75, 3.05) is 14.2 Å². The smallest absolute Gasteiger partial charge is 0.496 e. The van der Waals surface area contributed by atoms with Gasteiger partial charge < -0.3 is 18.5 Å². The molecular weight excluding hydrogens is 691 g/mol. The number of phosphoric ester groups is 1. The Morgan fingerprint density at radius 2 is 0.889 bits per heavy atom. The molecule has 0 saturated heterocycles. The third-order valence-corrected chi connectivity index (χ3v) is 12.8. The van der Waals surface area contributed by atoms with E-state index < -0.39 is 13.2 Å². The molecule has 1 aliphatic heterocycles. The topological polar surface area (TPSA) is 74.2 Å². The molecule has 0 radical (unpaired) electrons. The van der Waals surface area contributed by atoms with Gasteiger partial charge in [0, 0.05) is 49.9 Å². The maximum atomic E-state index is 14.6. The van der Waals surface area contributed by atoms with Crippen molar-refractivity contribution >= 4 is 7.82 Å². The Balaban J connectivity index is 1.53. The molecule has 1 spiro atoms. The van der Waals surface area contributed by atoms with Crippen LogP contribution in [-0.2, 0) is 44.5 Å². The monoisotopic (exact) mass is 750 g/mol. The zero-order chi connectivity index (χ0) is 39.6. The second-order valence-corrected chi connectivity index (χ2v) is 21.2. The summed E-state index contributed by atoms with van der Waals surface area (Å²) in [7, 11) is -1.24. The molecule has 2 aliphatic carbocycles. The molecule has 0 unspecified atom stereocenters. The highest BCUT2D eigenvalue weighted by Crippen LogP contribution is 2.66. The lowest BCUT2D eigenvalue weighted by atomic mass is 9.73. The first-order valence-electron chi connectivity index (χ1n) is 19.4. The molecule has 4 aromatic rings. The van der Waals surface area contributed by atoms with Gasteiger partial charge in [-0.3, -0.25) is 4.89 Å². The highest BCUT2D eigenvalue weighted by molar-refractivity contribution is 7.48. The Bertz CT molecular complexity index is 2010. The van der Waals surface area contributed by atoms with E-state index in [0.29, 0.717) is 11.5 Å². The molecule has 6 nitrogen and oxygen atoms in total. The molecule has 3 aliphatic rings. The summed E-state index contributed by atoms with van der Waals surface area (Å²) in [6.45, 7) is 26.3. The Hall–Kier alpha value is -3.73. The van der Waals surface area contributed by atoms with E-state index in [-0.39, 0.29) is 21.7 Å². The summed E-state index contributed by atoms with van der Waals surface area (Å²) < 4.78 is 39.6. The van der Waals surface area contributed by atoms with E-state index in [1.54, 1.807) is 14.2 Å². The number of benzene rings is 4. The fourth-order valence-corrected chi connectivity index (χ4v) is 10.2. The zero-order valence-electron chi connectivity index (χ0n) is 34.9. The molecular formula is C47H59O6P. The minimum atomic E-state index is -4.72. The van der Waals surface area contributed by atoms with Crippen molar-refractivity contribution in [3.8, 4) is 45.3 Å².